The molecular weight excluding hydrogens is 437 g/mol. The highest BCUT2D eigenvalue weighted by molar-refractivity contribution is 8.01. The lowest BCUT2D eigenvalue weighted by Gasteiger charge is -2.33. The second-order valence-corrected chi connectivity index (χ2v) is 9.47. The van der Waals surface area contributed by atoms with Crippen LogP contribution in [0.2, 0.25) is 0 Å². The number of anilines is 1. The highest BCUT2D eigenvalue weighted by Gasteiger charge is 2.59. The SMILES string of the molecule is Cc1ccc(C(=O)N2CCS[C@@]23C(=O)N(Cc2cccc(C#N)c2)c2ccc(F)cc23)cc1. The van der Waals surface area contributed by atoms with Crippen molar-refractivity contribution in [3.63, 3.8) is 0 Å². The second-order valence-electron chi connectivity index (χ2n) is 8.18. The van der Waals surface area contributed by atoms with Crippen LogP contribution in [0.5, 0.6) is 0 Å². The van der Waals surface area contributed by atoms with Gasteiger partial charge in [0.2, 0.25) is 0 Å². The van der Waals surface area contributed by atoms with Gasteiger partial charge in [0.1, 0.15) is 5.82 Å². The molecule has 7 heteroatoms. The van der Waals surface area contributed by atoms with Crippen molar-refractivity contribution in [2.75, 3.05) is 17.2 Å². The van der Waals surface area contributed by atoms with Crippen LogP contribution in [0.1, 0.15) is 32.6 Å². The minimum Gasteiger partial charge on any atom is -0.311 e. The number of halogens is 1. The zero-order chi connectivity index (χ0) is 23.2. The highest BCUT2D eigenvalue weighted by atomic mass is 32.2. The molecule has 1 atom stereocenters. The molecule has 1 spiro atoms. The zero-order valence-corrected chi connectivity index (χ0v) is 18.7. The number of hydrogen-bond acceptors (Lipinski definition) is 4. The number of nitrogens with zero attached hydrogens (tertiary/aromatic N) is 3. The van der Waals surface area contributed by atoms with Gasteiger partial charge in [-0.25, -0.2) is 4.39 Å². The van der Waals surface area contributed by atoms with Gasteiger partial charge in [0, 0.05) is 23.4 Å². The predicted molar refractivity (Wildman–Crippen MR) is 125 cm³/mol. The van der Waals surface area contributed by atoms with Crippen LogP contribution in [0.25, 0.3) is 0 Å². The maximum atomic E-state index is 14.4. The molecule has 2 aliphatic heterocycles. The van der Waals surface area contributed by atoms with E-state index in [1.54, 1.807) is 46.2 Å². The number of aryl methyl sites for hydroxylation is 1. The molecule has 0 bridgehead atoms. The van der Waals surface area contributed by atoms with E-state index >= 15 is 0 Å². The summed E-state index contributed by atoms with van der Waals surface area (Å²) in [6.45, 7) is 2.55. The molecule has 3 aromatic rings. The Bertz CT molecular complexity index is 1320. The first kappa shape index (κ1) is 21.2. The van der Waals surface area contributed by atoms with Crippen molar-refractivity contribution in [3.8, 4) is 6.07 Å². The number of amides is 2. The largest absolute Gasteiger partial charge is 0.311 e. The number of thioether (sulfide) groups is 1. The fourth-order valence-electron chi connectivity index (χ4n) is 4.52. The molecule has 33 heavy (non-hydrogen) atoms. The van der Waals surface area contributed by atoms with Crippen LogP contribution in [0.3, 0.4) is 0 Å². The average molecular weight is 458 g/mol. The third-order valence-electron chi connectivity index (χ3n) is 6.10. The molecule has 2 amide bonds. The van der Waals surface area contributed by atoms with Crippen molar-refractivity contribution in [3.05, 3.63) is 100 Å². The van der Waals surface area contributed by atoms with Crippen LogP contribution >= 0.6 is 11.8 Å². The van der Waals surface area contributed by atoms with E-state index in [9.17, 15) is 19.2 Å². The van der Waals surface area contributed by atoms with Gasteiger partial charge in [0.05, 0.1) is 23.9 Å². The number of fused-ring (bicyclic) bond motifs is 2. The lowest BCUT2D eigenvalue weighted by molar-refractivity contribution is -0.123. The Morgan fingerprint density at radius 1 is 1.15 bits per heavy atom. The minimum atomic E-state index is -1.31. The topological polar surface area (TPSA) is 64.4 Å². The summed E-state index contributed by atoms with van der Waals surface area (Å²) in [4.78, 5) is 29.4. The third-order valence-corrected chi connectivity index (χ3v) is 7.52. The van der Waals surface area contributed by atoms with E-state index in [2.05, 4.69) is 6.07 Å². The Labute approximate surface area is 195 Å². The fraction of sp³-hybridized carbons (Fsp3) is 0.192. The molecular formula is C26H20FN3O2S. The summed E-state index contributed by atoms with van der Waals surface area (Å²) in [5, 5.41) is 9.23. The van der Waals surface area contributed by atoms with E-state index in [4.69, 9.17) is 0 Å². The van der Waals surface area contributed by atoms with Gasteiger partial charge in [-0.3, -0.25) is 9.59 Å². The maximum Gasteiger partial charge on any atom is 0.268 e. The van der Waals surface area contributed by atoms with Crippen molar-refractivity contribution in [2.24, 2.45) is 0 Å². The minimum absolute atomic E-state index is 0.224. The Morgan fingerprint density at radius 2 is 1.94 bits per heavy atom. The monoisotopic (exact) mass is 457 g/mol. The van der Waals surface area contributed by atoms with E-state index < -0.39 is 10.7 Å². The molecule has 0 N–H and O–H groups in total. The molecule has 1 saturated heterocycles. The molecule has 3 aromatic carbocycles. The number of carbonyl (C=O) groups is 2. The van der Waals surface area contributed by atoms with Gasteiger partial charge in [-0.1, -0.05) is 29.8 Å². The lowest BCUT2D eigenvalue weighted by Crippen LogP contribution is -2.50. The summed E-state index contributed by atoms with van der Waals surface area (Å²) >= 11 is 1.36. The molecule has 5 nitrogen and oxygen atoms in total. The van der Waals surface area contributed by atoms with Crippen molar-refractivity contribution >= 4 is 29.3 Å². The molecule has 164 valence electrons. The van der Waals surface area contributed by atoms with Gasteiger partial charge in [0.15, 0.2) is 4.87 Å². The van der Waals surface area contributed by atoms with Crippen LogP contribution in [0.15, 0.2) is 66.7 Å². The molecule has 0 unspecified atom stereocenters. The van der Waals surface area contributed by atoms with Crippen LogP contribution in [-0.4, -0.2) is 29.0 Å². The summed E-state index contributed by atoms with van der Waals surface area (Å²) < 4.78 is 14.4. The van der Waals surface area contributed by atoms with E-state index in [1.165, 1.54) is 23.9 Å². The van der Waals surface area contributed by atoms with Gasteiger partial charge in [0.25, 0.3) is 11.8 Å². The second kappa shape index (κ2) is 8.05. The summed E-state index contributed by atoms with van der Waals surface area (Å²) in [5.41, 5.74) is 3.89. The predicted octanol–water partition coefficient (Wildman–Crippen LogP) is 4.59. The molecule has 5 rings (SSSR count). The number of hydrogen-bond donors (Lipinski definition) is 0. The average Bonchev–Trinajstić information content (AvgIpc) is 3.36. The van der Waals surface area contributed by atoms with Crippen molar-refractivity contribution in [2.45, 2.75) is 18.3 Å². The number of carbonyl (C=O) groups excluding carboxylic acids is 2. The normalized spacial score (nSPS) is 19.1. The van der Waals surface area contributed by atoms with Gasteiger partial charge in [-0.2, -0.15) is 5.26 Å². The standard InChI is InChI=1S/C26H20FN3O2S/c1-17-5-7-20(8-6-17)24(31)30-11-12-33-26(30)22-14-21(27)9-10-23(22)29(25(26)32)16-19-4-2-3-18(13-19)15-28/h2-10,13-14H,11-12,16H2,1H3/t26-/m0/s1. The number of benzene rings is 3. The van der Waals surface area contributed by atoms with E-state index in [1.807, 2.05) is 25.1 Å². The first-order valence-electron chi connectivity index (χ1n) is 10.6. The molecule has 0 radical (unpaired) electrons. The zero-order valence-electron chi connectivity index (χ0n) is 17.9. The van der Waals surface area contributed by atoms with Crippen LogP contribution in [0, 0.1) is 24.1 Å². The van der Waals surface area contributed by atoms with E-state index in [-0.39, 0.29) is 18.4 Å². The van der Waals surface area contributed by atoms with Gasteiger partial charge in [-0.05, 0) is 55.0 Å². The number of nitriles is 1. The molecule has 2 heterocycles. The summed E-state index contributed by atoms with van der Waals surface area (Å²) in [6.07, 6.45) is 0. The summed E-state index contributed by atoms with van der Waals surface area (Å²) in [5.74, 6) is -0.411. The summed E-state index contributed by atoms with van der Waals surface area (Å²) in [7, 11) is 0. The molecule has 0 aromatic heterocycles. The molecule has 1 fully saturated rings. The Morgan fingerprint density at radius 3 is 2.70 bits per heavy atom. The first-order valence-corrected chi connectivity index (χ1v) is 11.6. The molecule has 0 aliphatic carbocycles. The van der Waals surface area contributed by atoms with Crippen LogP contribution in [0.4, 0.5) is 10.1 Å². The first-order chi connectivity index (χ1) is 15.9. The van der Waals surface area contributed by atoms with E-state index in [0.29, 0.717) is 34.7 Å². The smallest absolute Gasteiger partial charge is 0.268 e. The highest BCUT2D eigenvalue weighted by Crippen LogP contribution is 2.54. The van der Waals surface area contributed by atoms with Crippen molar-refractivity contribution in [1.82, 2.24) is 4.90 Å². The van der Waals surface area contributed by atoms with Crippen LogP contribution in [-0.2, 0) is 16.2 Å². The van der Waals surface area contributed by atoms with Crippen molar-refractivity contribution < 1.29 is 14.0 Å². The molecule has 0 saturated carbocycles. The van der Waals surface area contributed by atoms with Gasteiger partial charge in [-0.15, -0.1) is 11.8 Å². The molecule has 2 aliphatic rings. The van der Waals surface area contributed by atoms with Crippen molar-refractivity contribution in [1.29, 1.82) is 5.26 Å². The van der Waals surface area contributed by atoms with Gasteiger partial charge < -0.3 is 9.80 Å². The van der Waals surface area contributed by atoms with E-state index in [0.717, 1.165) is 11.1 Å². The Balaban J connectivity index is 1.59. The maximum absolute atomic E-state index is 14.4. The lowest BCUT2D eigenvalue weighted by atomic mass is 10.0. The summed E-state index contributed by atoms with van der Waals surface area (Å²) in [6, 6.07) is 20.7. The Hall–Kier alpha value is -3.63. The fourth-order valence-corrected chi connectivity index (χ4v) is 5.97. The van der Waals surface area contributed by atoms with Gasteiger partial charge >= 0.3 is 0 Å². The number of rotatable bonds is 3. The Kier molecular flexibility index (Phi) is 5.18. The third kappa shape index (κ3) is 3.38. The quantitative estimate of drug-likeness (QED) is 0.577. The van der Waals surface area contributed by atoms with Crippen LogP contribution < -0.4 is 4.90 Å².